The van der Waals surface area contributed by atoms with Gasteiger partial charge in [0.2, 0.25) is 5.91 Å². The van der Waals surface area contributed by atoms with Crippen molar-refractivity contribution in [3.63, 3.8) is 0 Å². The average molecular weight is 390 g/mol. The highest BCUT2D eigenvalue weighted by Crippen LogP contribution is 2.37. The second kappa shape index (κ2) is 7.34. The molecule has 0 spiro atoms. The Morgan fingerprint density at radius 3 is 2.75 bits per heavy atom. The summed E-state index contributed by atoms with van der Waals surface area (Å²) >= 11 is 0. The maximum absolute atomic E-state index is 13.2. The number of aliphatic imine (C=N–C) groups is 1. The summed E-state index contributed by atoms with van der Waals surface area (Å²) in [6.07, 6.45) is 3.84. The van der Waals surface area contributed by atoms with Gasteiger partial charge in [0, 0.05) is 17.6 Å². The number of nitrogens with zero attached hydrogens (tertiary/aromatic N) is 3. The van der Waals surface area contributed by atoms with Gasteiger partial charge in [0.05, 0.1) is 5.92 Å². The fourth-order valence-electron chi connectivity index (χ4n) is 2.82. The van der Waals surface area contributed by atoms with Crippen LogP contribution in [0.5, 0.6) is 0 Å². The number of aromatic nitrogens is 1. The van der Waals surface area contributed by atoms with Crippen molar-refractivity contribution in [1.82, 2.24) is 15.2 Å². The van der Waals surface area contributed by atoms with Gasteiger partial charge in [-0.25, -0.2) is 4.98 Å². The minimum Gasteiger partial charge on any atom is -0.451 e. The van der Waals surface area contributed by atoms with E-state index in [4.69, 9.17) is 4.42 Å². The van der Waals surface area contributed by atoms with Crippen LogP contribution in [0.25, 0.3) is 5.57 Å². The molecule has 2 atom stereocenters. The van der Waals surface area contributed by atoms with Crippen LogP contribution in [0, 0.1) is 5.92 Å². The number of alkyl halides is 3. The number of carbonyl (C=O) groups excluding carboxylic acids is 1. The zero-order valence-electron chi connectivity index (χ0n) is 14.9. The number of allylic oxidation sites excluding steroid dienone is 5. The number of oxazole rings is 1. The first-order chi connectivity index (χ1) is 13.2. The van der Waals surface area contributed by atoms with Crippen molar-refractivity contribution in [2.75, 3.05) is 0 Å². The largest absolute Gasteiger partial charge is 0.451 e. The predicted octanol–water partition coefficient (Wildman–Crippen LogP) is 3.57. The van der Waals surface area contributed by atoms with Gasteiger partial charge in [-0.1, -0.05) is 25.3 Å². The fraction of sp³-hybridized carbons (Fsp3) is 0.211. The highest BCUT2D eigenvalue weighted by molar-refractivity contribution is 5.95. The lowest BCUT2D eigenvalue weighted by molar-refractivity contribution is -0.126. The first-order valence-electron chi connectivity index (χ1n) is 8.22. The Balaban J connectivity index is 1.66. The van der Waals surface area contributed by atoms with E-state index >= 15 is 0 Å². The number of carbonyl (C=O) groups is 1. The molecule has 1 aromatic rings. The Morgan fingerprint density at radius 2 is 2.11 bits per heavy atom. The maximum Gasteiger partial charge on any atom is 0.431 e. The third-order valence-electron chi connectivity index (χ3n) is 4.14. The lowest BCUT2D eigenvalue weighted by Crippen LogP contribution is -2.43. The third kappa shape index (κ3) is 3.98. The number of hydrogen-bond acceptors (Lipinski definition) is 5. The quantitative estimate of drug-likeness (QED) is 0.781. The molecule has 3 heterocycles. The van der Waals surface area contributed by atoms with Crippen LogP contribution >= 0.6 is 0 Å². The SMILES string of the molecule is C=C(/C=C\C(=C)c1cocn1)NC(=O)C1C=CN2C(C(F)(F)F)=CC(C)=NC12. The average Bonchev–Trinajstić information content (AvgIpc) is 3.27. The topological polar surface area (TPSA) is 70.7 Å². The Bertz CT molecular complexity index is 923. The molecule has 0 bridgehead atoms. The van der Waals surface area contributed by atoms with Gasteiger partial charge in [0.25, 0.3) is 0 Å². The molecule has 0 saturated heterocycles. The number of amides is 1. The number of nitrogens with one attached hydrogen (secondary N) is 1. The summed E-state index contributed by atoms with van der Waals surface area (Å²) in [5.74, 6) is -1.39. The van der Waals surface area contributed by atoms with Crippen LogP contribution < -0.4 is 5.32 Å². The zero-order valence-corrected chi connectivity index (χ0v) is 14.9. The molecule has 146 valence electrons. The molecule has 3 rings (SSSR count). The smallest absolute Gasteiger partial charge is 0.431 e. The van der Waals surface area contributed by atoms with Crippen molar-refractivity contribution in [2.45, 2.75) is 19.3 Å². The molecule has 2 unspecified atom stereocenters. The van der Waals surface area contributed by atoms with Gasteiger partial charge in [-0.3, -0.25) is 9.79 Å². The van der Waals surface area contributed by atoms with Crippen LogP contribution in [0.3, 0.4) is 0 Å². The fourth-order valence-corrected chi connectivity index (χ4v) is 2.82. The van der Waals surface area contributed by atoms with E-state index in [2.05, 4.69) is 28.5 Å². The molecule has 2 aliphatic rings. The van der Waals surface area contributed by atoms with Gasteiger partial charge in [0.15, 0.2) is 6.39 Å². The standard InChI is InChI=1S/C19H17F3N4O2/c1-11(15-9-28-10-23-15)4-5-12(2)25-18(27)14-6-7-26-16(19(20,21)22)8-13(3)24-17(14)26/h4-10,14,17H,1-2H2,3H3,(H,25,27)/b5-4-. The summed E-state index contributed by atoms with van der Waals surface area (Å²) in [6.45, 7) is 9.00. The van der Waals surface area contributed by atoms with Crippen molar-refractivity contribution in [3.8, 4) is 0 Å². The van der Waals surface area contributed by atoms with Crippen molar-refractivity contribution >= 4 is 17.2 Å². The lowest BCUT2D eigenvalue weighted by atomic mass is 10.1. The third-order valence-corrected chi connectivity index (χ3v) is 4.14. The molecule has 0 fully saturated rings. The molecule has 0 saturated carbocycles. The van der Waals surface area contributed by atoms with E-state index in [0.29, 0.717) is 11.3 Å². The minimum atomic E-state index is -4.54. The Kier molecular flexibility index (Phi) is 5.08. The van der Waals surface area contributed by atoms with Gasteiger partial charge in [0.1, 0.15) is 23.8 Å². The van der Waals surface area contributed by atoms with Gasteiger partial charge < -0.3 is 14.6 Å². The molecule has 9 heteroatoms. The van der Waals surface area contributed by atoms with E-state index in [1.807, 2.05) is 0 Å². The molecule has 0 aliphatic carbocycles. The molecule has 2 aliphatic heterocycles. The molecule has 6 nitrogen and oxygen atoms in total. The summed E-state index contributed by atoms with van der Waals surface area (Å²) in [7, 11) is 0. The van der Waals surface area contributed by atoms with Crippen LogP contribution in [0.2, 0.25) is 0 Å². The Hall–Kier alpha value is -3.36. The van der Waals surface area contributed by atoms with Gasteiger partial charge >= 0.3 is 6.18 Å². The molecule has 1 N–H and O–H groups in total. The van der Waals surface area contributed by atoms with Crippen molar-refractivity contribution in [2.24, 2.45) is 10.9 Å². The second-order valence-corrected chi connectivity index (χ2v) is 6.23. The highest BCUT2D eigenvalue weighted by Gasteiger charge is 2.46. The van der Waals surface area contributed by atoms with Gasteiger partial charge in [-0.05, 0) is 24.6 Å². The number of hydrogen-bond donors (Lipinski definition) is 1. The molecule has 1 amide bonds. The Labute approximate surface area is 159 Å². The van der Waals surface area contributed by atoms with Crippen molar-refractivity contribution in [3.05, 3.63) is 73.4 Å². The molecular formula is C19H17F3N4O2. The maximum atomic E-state index is 13.2. The molecule has 0 radical (unpaired) electrons. The lowest BCUT2D eigenvalue weighted by Gasteiger charge is -2.32. The summed E-state index contributed by atoms with van der Waals surface area (Å²) < 4.78 is 44.6. The summed E-state index contributed by atoms with van der Waals surface area (Å²) in [4.78, 5) is 21.6. The number of halogens is 3. The van der Waals surface area contributed by atoms with E-state index in [-0.39, 0.29) is 11.4 Å². The van der Waals surface area contributed by atoms with Gasteiger partial charge in [-0.15, -0.1) is 0 Å². The molecule has 1 aromatic heterocycles. The van der Waals surface area contributed by atoms with E-state index in [1.165, 1.54) is 37.9 Å². The van der Waals surface area contributed by atoms with Crippen LogP contribution in [0.15, 0.2) is 77.1 Å². The number of fused-ring (bicyclic) bond motifs is 1. The minimum absolute atomic E-state index is 0.206. The van der Waals surface area contributed by atoms with Crippen molar-refractivity contribution < 1.29 is 22.4 Å². The van der Waals surface area contributed by atoms with E-state index in [0.717, 1.165) is 11.0 Å². The first-order valence-corrected chi connectivity index (χ1v) is 8.22. The predicted molar refractivity (Wildman–Crippen MR) is 97.5 cm³/mol. The monoisotopic (exact) mass is 390 g/mol. The van der Waals surface area contributed by atoms with Crippen LogP contribution in [-0.2, 0) is 4.79 Å². The second-order valence-electron chi connectivity index (χ2n) is 6.23. The molecule has 28 heavy (non-hydrogen) atoms. The first kappa shape index (κ1) is 19.4. The normalized spacial score (nSPS) is 21.4. The molecule has 0 aromatic carbocycles. The van der Waals surface area contributed by atoms with E-state index in [1.54, 1.807) is 6.08 Å². The zero-order chi connectivity index (χ0) is 20.5. The van der Waals surface area contributed by atoms with E-state index in [9.17, 15) is 18.0 Å². The van der Waals surface area contributed by atoms with Crippen LogP contribution in [0.4, 0.5) is 13.2 Å². The Morgan fingerprint density at radius 1 is 1.36 bits per heavy atom. The van der Waals surface area contributed by atoms with Gasteiger partial charge in [-0.2, -0.15) is 13.2 Å². The summed E-state index contributed by atoms with van der Waals surface area (Å²) in [5, 5.41) is 2.57. The summed E-state index contributed by atoms with van der Waals surface area (Å²) in [6, 6.07) is 0. The van der Waals surface area contributed by atoms with E-state index < -0.39 is 29.9 Å². The number of rotatable bonds is 5. The molecular weight excluding hydrogens is 373 g/mol. The highest BCUT2D eigenvalue weighted by atomic mass is 19.4. The van der Waals surface area contributed by atoms with Crippen molar-refractivity contribution in [1.29, 1.82) is 0 Å². The van der Waals surface area contributed by atoms with Crippen LogP contribution in [0.1, 0.15) is 12.6 Å². The van der Waals surface area contributed by atoms with Crippen LogP contribution in [-0.4, -0.2) is 33.8 Å². The summed E-state index contributed by atoms with van der Waals surface area (Å²) in [5.41, 5.74) is 0.688.